The molecule has 1 unspecified atom stereocenters. The Kier molecular flexibility index (Phi) is 7.93. The lowest BCUT2D eigenvalue weighted by atomic mass is 9.77. The number of aryl methyl sites for hydroxylation is 1. The molecule has 1 atom stereocenters. The van der Waals surface area contributed by atoms with Crippen LogP contribution in [0.4, 0.5) is 8.78 Å². The summed E-state index contributed by atoms with van der Waals surface area (Å²) in [5, 5.41) is 0. The standard InChI is InChI=1S/C28H42F2O/c1-3-20-12-14-22(15-13-20)25-18-23-16-17-24(31-28(23)27(30)26(25)29)7-5-4-6-21-10-8-19(2)9-11-21/h18-22,24H,3-17H2,1-2H3. The molecule has 1 heterocycles. The van der Waals surface area contributed by atoms with Crippen LogP contribution in [0, 0.1) is 29.4 Å². The van der Waals surface area contributed by atoms with Gasteiger partial charge in [-0.05, 0) is 92.2 Å². The third-order valence-electron chi connectivity index (χ3n) is 8.67. The summed E-state index contributed by atoms with van der Waals surface area (Å²) < 4.78 is 36.0. The number of unbranched alkanes of at least 4 members (excludes halogenated alkanes) is 1. The molecular weight excluding hydrogens is 390 g/mol. The van der Waals surface area contributed by atoms with Gasteiger partial charge in [-0.15, -0.1) is 0 Å². The summed E-state index contributed by atoms with van der Waals surface area (Å²) in [6.07, 6.45) is 17.4. The van der Waals surface area contributed by atoms with Crippen LogP contribution in [-0.2, 0) is 6.42 Å². The van der Waals surface area contributed by atoms with Crippen molar-refractivity contribution in [2.45, 2.75) is 122 Å². The van der Waals surface area contributed by atoms with Gasteiger partial charge in [0.15, 0.2) is 11.6 Å². The highest BCUT2D eigenvalue weighted by Gasteiger charge is 2.31. The Bertz CT molecular complexity index is 714. The summed E-state index contributed by atoms with van der Waals surface area (Å²) in [5.41, 5.74) is 1.49. The maximum absolute atomic E-state index is 15.0. The van der Waals surface area contributed by atoms with E-state index in [1.807, 2.05) is 6.07 Å². The highest BCUT2D eigenvalue weighted by Crippen LogP contribution is 2.42. The summed E-state index contributed by atoms with van der Waals surface area (Å²) in [6.45, 7) is 4.60. The quantitative estimate of drug-likeness (QED) is 0.391. The highest BCUT2D eigenvalue weighted by molar-refractivity contribution is 5.42. The van der Waals surface area contributed by atoms with E-state index in [1.165, 1.54) is 44.9 Å². The maximum Gasteiger partial charge on any atom is 0.201 e. The third-order valence-corrected chi connectivity index (χ3v) is 8.67. The van der Waals surface area contributed by atoms with Gasteiger partial charge < -0.3 is 4.74 Å². The van der Waals surface area contributed by atoms with Crippen molar-refractivity contribution in [2.24, 2.45) is 17.8 Å². The van der Waals surface area contributed by atoms with Gasteiger partial charge in [-0.3, -0.25) is 0 Å². The predicted molar refractivity (Wildman–Crippen MR) is 124 cm³/mol. The second-order valence-corrected chi connectivity index (χ2v) is 10.9. The summed E-state index contributed by atoms with van der Waals surface area (Å²) in [7, 11) is 0. The zero-order chi connectivity index (χ0) is 21.8. The largest absolute Gasteiger partial charge is 0.487 e. The zero-order valence-corrected chi connectivity index (χ0v) is 19.7. The van der Waals surface area contributed by atoms with Crippen LogP contribution in [0.3, 0.4) is 0 Å². The SMILES string of the molecule is CCC1CCC(c2cc3c(c(F)c2F)OC(CCCCC2CCC(C)CC2)CC3)CC1. The second-order valence-electron chi connectivity index (χ2n) is 10.9. The first-order chi connectivity index (χ1) is 15.0. The van der Waals surface area contributed by atoms with Crippen molar-refractivity contribution in [3.05, 3.63) is 28.8 Å². The molecule has 0 aromatic heterocycles. The molecular formula is C28H42F2O. The minimum absolute atomic E-state index is 0.0404. The number of benzene rings is 1. The van der Waals surface area contributed by atoms with Crippen LogP contribution in [0.1, 0.15) is 121 Å². The van der Waals surface area contributed by atoms with Crippen LogP contribution in [-0.4, -0.2) is 6.10 Å². The normalized spacial score (nSPS) is 31.2. The van der Waals surface area contributed by atoms with E-state index in [4.69, 9.17) is 4.74 Å². The number of hydrogen-bond acceptors (Lipinski definition) is 1. The van der Waals surface area contributed by atoms with Crippen LogP contribution >= 0.6 is 0 Å². The summed E-state index contributed by atoms with van der Waals surface area (Å²) in [6, 6.07) is 1.94. The Morgan fingerprint density at radius 1 is 0.839 bits per heavy atom. The molecule has 0 spiro atoms. The molecule has 0 bridgehead atoms. The van der Waals surface area contributed by atoms with Gasteiger partial charge in [-0.2, -0.15) is 4.39 Å². The lowest BCUT2D eigenvalue weighted by molar-refractivity contribution is 0.149. The molecule has 1 aromatic rings. The Balaban J connectivity index is 1.29. The van der Waals surface area contributed by atoms with Gasteiger partial charge in [0.05, 0.1) is 6.10 Å². The highest BCUT2D eigenvalue weighted by atomic mass is 19.2. The summed E-state index contributed by atoms with van der Waals surface area (Å²) >= 11 is 0. The van der Waals surface area contributed by atoms with Crippen molar-refractivity contribution in [1.82, 2.24) is 0 Å². The van der Waals surface area contributed by atoms with Gasteiger partial charge in [0.1, 0.15) is 0 Å². The molecule has 2 fully saturated rings. The van der Waals surface area contributed by atoms with E-state index >= 15 is 0 Å². The van der Waals surface area contributed by atoms with E-state index in [1.54, 1.807) is 0 Å². The molecule has 1 aliphatic heterocycles. The van der Waals surface area contributed by atoms with Gasteiger partial charge in [-0.25, -0.2) is 4.39 Å². The minimum atomic E-state index is -0.730. The molecule has 3 heteroatoms. The molecule has 0 saturated heterocycles. The fourth-order valence-electron chi connectivity index (χ4n) is 6.34. The molecule has 0 N–H and O–H groups in total. The van der Waals surface area contributed by atoms with Crippen molar-refractivity contribution in [3.8, 4) is 5.75 Å². The molecule has 1 aromatic carbocycles. The van der Waals surface area contributed by atoms with Gasteiger partial charge in [0.2, 0.25) is 5.82 Å². The van der Waals surface area contributed by atoms with Crippen molar-refractivity contribution >= 4 is 0 Å². The monoisotopic (exact) mass is 432 g/mol. The fraction of sp³-hybridized carbons (Fsp3) is 0.786. The first-order valence-corrected chi connectivity index (χ1v) is 13.2. The molecule has 2 aliphatic carbocycles. The van der Waals surface area contributed by atoms with E-state index in [-0.39, 0.29) is 17.8 Å². The number of halogens is 2. The second kappa shape index (κ2) is 10.7. The lowest BCUT2D eigenvalue weighted by Gasteiger charge is -2.31. The fourth-order valence-corrected chi connectivity index (χ4v) is 6.34. The van der Waals surface area contributed by atoms with Crippen LogP contribution in [0.5, 0.6) is 5.75 Å². The van der Waals surface area contributed by atoms with Crippen LogP contribution in [0.15, 0.2) is 6.07 Å². The van der Waals surface area contributed by atoms with E-state index in [0.717, 1.165) is 74.7 Å². The average molecular weight is 433 g/mol. The van der Waals surface area contributed by atoms with E-state index in [0.29, 0.717) is 5.56 Å². The van der Waals surface area contributed by atoms with Crippen molar-refractivity contribution < 1.29 is 13.5 Å². The van der Waals surface area contributed by atoms with Crippen LogP contribution in [0.25, 0.3) is 0 Å². The first-order valence-electron chi connectivity index (χ1n) is 13.2. The molecule has 0 amide bonds. The number of hydrogen-bond donors (Lipinski definition) is 0. The van der Waals surface area contributed by atoms with E-state index in [2.05, 4.69) is 13.8 Å². The zero-order valence-electron chi connectivity index (χ0n) is 19.7. The van der Waals surface area contributed by atoms with Crippen molar-refractivity contribution in [3.63, 3.8) is 0 Å². The molecule has 0 radical (unpaired) electrons. The van der Waals surface area contributed by atoms with Crippen LogP contribution in [0.2, 0.25) is 0 Å². The molecule has 2 saturated carbocycles. The Morgan fingerprint density at radius 3 is 2.23 bits per heavy atom. The predicted octanol–water partition coefficient (Wildman–Crippen LogP) is 8.73. The maximum atomic E-state index is 15.0. The van der Waals surface area contributed by atoms with Crippen molar-refractivity contribution in [2.75, 3.05) is 0 Å². The van der Waals surface area contributed by atoms with Gasteiger partial charge in [0.25, 0.3) is 0 Å². The number of rotatable bonds is 7. The van der Waals surface area contributed by atoms with Gasteiger partial charge >= 0.3 is 0 Å². The smallest absolute Gasteiger partial charge is 0.201 e. The Morgan fingerprint density at radius 2 is 1.52 bits per heavy atom. The number of ether oxygens (including phenoxy) is 1. The molecule has 31 heavy (non-hydrogen) atoms. The summed E-state index contributed by atoms with van der Waals surface area (Å²) in [5.74, 6) is 1.57. The Labute approximate surface area is 188 Å². The topological polar surface area (TPSA) is 9.23 Å². The molecule has 4 rings (SSSR count). The lowest BCUT2D eigenvalue weighted by Crippen LogP contribution is -2.25. The number of fused-ring (bicyclic) bond motifs is 1. The minimum Gasteiger partial charge on any atom is -0.487 e. The van der Waals surface area contributed by atoms with E-state index < -0.39 is 11.6 Å². The summed E-state index contributed by atoms with van der Waals surface area (Å²) in [4.78, 5) is 0. The van der Waals surface area contributed by atoms with Gasteiger partial charge in [0, 0.05) is 0 Å². The average Bonchev–Trinajstić information content (AvgIpc) is 2.80. The Hall–Kier alpha value is -1.12. The molecule has 174 valence electrons. The molecule has 1 nitrogen and oxygen atoms in total. The third kappa shape index (κ3) is 5.63. The van der Waals surface area contributed by atoms with Crippen LogP contribution < -0.4 is 4.74 Å². The van der Waals surface area contributed by atoms with Crippen molar-refractivity contribution in [1.29, 1.82) is 0 Å². The van der Waals surface area contributed by atoms with Gasteiger partial charge in [-0.1, -0.05) is 58.8 Å². The first kappa shape index (κ1) is 23.1. The molecule has 3 aliphatic rings. The van der Waals surface area contributed by atoms with E-state index in [9.17, 15) is 8.78 Å².